The maximum Gasteiger partial charge on any atom is 0.132 e. The summed E-state index contributed by atoms with van der Waals surface area (Å²) in [4.78, 5) is 10.9. The molecule has 0 aromatic heterocycles. The van der Waals surface area contributed by atoms with Gasteiger partial charge in [0.1, 0.15) is 5.78 Å². The molecule has 2 aliphatic rings. The second kappa shape index (κ2) is 11.6. The number of ketones is 1. The molecule has 0 unspecified atom stereocenters. The van der Waals surface area contributed by atoms with Gasteiger partial charge >= 0.3 is 0 Å². The first-order valence-electron chi connectivity index (χ1n) is 9.52. The molecular weight excluding hydrogens is 303 g/mol. The predicted molar refractivity (Wildman–Crippen MR) is 105 cm³/mol. The summed E-state index contributed by atoms with van der Waals surface area (Å²) < 4.78 is 0. The van der Waals surface area contributed by atoms with E-state index in [1.807, 2.05) is 0 Å². The Morgan fingerprint density at radius 1 is 0.957 bits per heavy atom. The van der Waals surface area contributed by atoms with Gasteiger partial charge in [0.2, 0.25) is 0 Å². The van der Waals surface area contributed by atoms with Crippen LogP contribution in [0.25, 0.3) is 0 Å². The van der Waals surface area contributed by atoms with E-state index in [1.54, 1.807) is 0 Å². The molecule has 138 valence electrons. The highest BCUT2D eigenvalue weighted by Gasteiger charge is 2.28. The SMILES string of the molecule is CCC1(C)CCC(=O)CC1.CCC1(C)CCC(O)CC1.CPC. The van der Waals surface area contributed by atoms with Crippen LogP contribution < -0.4 is 0 Å². The second-order valence-corrected chi connectivity index (χ2v) is 9.10. The van der Waals surface area contributed by atoms with E-state index in [0.29, 0.717) is 16.6 Å². The molecule has 2 nitrogen and oxygen atoms in total. The molecule has 0 aliphatic heterocycles. The smallest absolute Gasteiger partial charge is 0.132 e. The van der Waals surface area contributed by atoms with Crippen molar-refractivity contribution < 1.29 is 9.90 Å². The lowest BCUT2D eigenvalue weighted by molar-refractivity contribution is -0.122. The maximum absolute atomic E-state index is 10.9. The van der Waals surface area contributed by atoms with Gasteiger partial charge in [-0.25, -0.2) is 0 Å². The van der Waals surface area contributed by atoms with Crippen LogP contribution >= 0.6 is 8.58 Å². The minimum atomic E-state index is -0.000347. The van der Waals surface area contributed by atoms with E-state index in [0.717, 1.165) is 47.1 Å². The Hall–Kier alpha value is 0.0600. The standard InChI is InChI=1S/C9H18O.C9H16O.C2H7P/c2*1-3-9(2)6-4-8(10)5-7-9;1-3-2/h8,10H,3-7H2,1-2H3;3-7H2,1-2H3;3H,1-2H3. The summed E-state index contributed by atoms with van der Waals surface area (Å²) in [7, 11) is 1.08. The monoisotopic (exact) mass is 344 g/mol. The van der Waals surface area contributed by atoms with Crippen LogP contribution in [0.5, 0.6) is 0 Å². The van der Waals surface area contributed by atoms with E-state index in [2.05, 4.69) is 41.0 Å². The van der Waals surface area contributed by atoms with Crippen molar-refractivity contribution in [2.75, 3.05) is 13.3 Å². The minimum absolute atomic E-state index is 0.000347. The summed E-state index contributed by atoms with van der Waals surface area (Å²) in [5.74, 6) is 0.464. The topological polar surface area (TPSA) is 37.3 Å². The lowest BCUT2D eigenvalue weighted by Gasteiger charge is -2.34. The molecule has 2 rings (SSSR count). The van der Waals surface area contributed by atoms with Gasteiger partial charge in [0.25, 0.3) is 0 Å². The Labute approximate surface area is 147 Å². The first kappa shape index (κ1) is 23.1. The summed E-state index contributed by atoms with van der Waals surface area (Å²) in [5.41, 5.74) is 1.02. The molecular formula is C20H41O2P. The molecule has 0 atom stereocenters. The van der Waals surface area contributed by atoms with Crippen LogP contribution in [0.15, 0.2) is 0 Å². The number of carbonyl (C=O) groups excluding carboxylic acids is 1. The van der Waals surface area contributed by atoms with Crippen LogP contribution in [0.3, 0.4) is 0 Å². The summed E-state index contributed by atoms with van der Waals surface area (Å²) in [5, 5.41) is 9.24. The normalized spacial score (nSPS) is 29.7. The number of hydrogen-bond acceptors (Lipinski definition) is 2. The van der Waals surface area contributed by atoms with Gasteiger partial charge in [0.15, 0.2) is 0 Å². The van der Waals surface area contributed by atoms with Gasteiger partial charge in [-0.1, -0.05) is 40.5 Å². The van der Waals surface area contributed by atoms with Crippen LogP contribution in [0.2, 0.25) is 0 Å². The Morgan fingerprint density at radius 2 is 1.30 bits per heavy atom. The van der Waals surface area contributed by atoms with E-state index in [1.165, 1.54) is 25.7 Å². The molecule has 23 heavy (non-hydrogen) atoms. The number of hydrogen-bond donors (Lipinski definition) is 1. The average Bonchev–Trinajstić information content (AvgIpc) is 2.55. The Kier molecular flexibility index (Phi) is 11.6. The molecule has 0 aromatic rings. The van der Waals surface area contributed by atoms with Crippen LogP contribution in [-0.2, 0) is 4.79 Å². The van der Waals surface area contributed by atoms with E-state index in [-0.39, 0.29) is 6.10 Å². The highest BCUT2D eigenvalue weighted by Crippen LogP contribution is 2.38. The van der Waals surface area contributed by atoms with Crippen molar-refractivity contribution >= 4 is 14.4 Å². The van der Waals surface area contributed by atoms with E-state index >= 15 is 0 Å². The first-order valence-corrected chi connectivity index (χ1v) is 11.5. The second-order valence-electron chi connectivity index (χ2n) is 8.10. The van der Waals surface area contributed by atoms with Crippen molar-refractivity contribution in [2.45, 2.75) is 98.0 Å². The predicted octanol–water partition coefficient (Wildman–Crippen LogP) is 5.81. The molecule has 0 spiro atoms. The summed E-state index contributed by atoms with van der Waals surface area (Å²) in [6.07, 6.45) is 10.8. The molecule has 2 aliphatic carbocycles. The van der Waals surface area contributed by atoms with Gasteiger partial charge in [-0.15, -0.1) is 8.58 Å². The highest BCUT2D eigenvalue weighted by atomic mass is 31.1. The van der Waals surface area contributed by atoms with Crippen molar-refractivity contribution in [1.29, 1.82) is 0 Å². The van der Waals surface area contributed by atoms with E-state index < -0.39 is 0 Å². The van der Waals surface area contributed by atoms with Gasteiger partial charge in [0, 0.05) is 12.8 Å². The summed E-state index contributed by atoms with van der Waals surface area (Å²) in [6.45, 7) is 13.4. The molecule has 2 saturated carbocycles. The average molecular weight is 345 g/mol. The number of carbonyl (C=O) groups is 1. The molecule has 0 aromatic carbocycles. The molecule has 0 amide bonds. The number of aliphatic hydroxyl groups is 1. The van der Waals surface area contributed by atoms with Crippen LogP contribution in [-0.4, -0.2) is 30.3 Å². The zero-order valence-corrected chi connectivity index (χ0v) is 17.5. The third kappa shape index (κ3) is 9.82. The summed E-state index contributed by atoms with van der Waals surface area (Å²) >= 11 is 0. The summed E-state index contributed by atoms with van der Waals surface area (Å²) in [6, 6.07) is 0. The molecule has 0 radical (unpaired) electrons. The molecule has 2 fully saturated rings. The largest absolute Gasteiger partial charge is 0.393 e. The van der Waals surface area contributed by atoms with E-state index in [4.69, 9.17) is 0 Å². The van der Waals surface area contributed by atoms with Gasteiger partial charge in [-0.3, -0.25) is 4.79 Å². The van der Waals surface area contributed by atoms with Crippen molar-refractivity contribution in [3.8, 4) is 0 Å². The lowest BCUT2D eigenvalue weighted by Crippen LogP contribution is -2.26. The lowest BCUT2D eigenvalue weighted by atomic mass is 9.73. The van der Waals surface area contributed by atoms with Crippen molar-refractivity contribution in [3.05, 3.63) is 0 Å². The van der Waals surface area contributed by atoms with Crippen LogP contribution in [0, 0.1) is 10.8 Å². The van der Waals surface area contributed by atoms with Gasteiger partial charge in [-0.2, -0.15) is 0 Å². The van der Waals surface area contributed by atoms with Gasteiger partial charge in [0.05, 0.1) is 6.10 Å². The van der Waals surface area contributed by atoms with Gasteiger partial charge < -0.3 is 5.11 Å². The van der Waals surface area contributed by atoms with E-state index in [9.17, 15) is 9.90 Å². The van der Waals surface area contributed by atoms with Crippen molar-refractivity contribution in [3.63, 3.8) is 0 Å². The molecule has 0 heterocycles. The third-order valence-corrected chi connectivity index (χ3v) is 5.88. The highest BCUT2D eigenvalue weighted by molar-refractivity contribution is 7.35. The number of Topliss-reactive ketones (excluding diaryl/α,β-unsaturated/α-hetero) is 1. The quantitative estimate of drug-likeness (QED) is 0.642. The molecule has 3 heteroatoms. The maximum atomic E-state index is 10.9. The van der Waals surface area contributed by atoms with Crippen LogP contribution in [0.4, 0.5) is 0 Å². The molecule has 0 bridgehead atoms. The fourth-order valence-corrected chi connectivity index (χ4v) is 3.14. The number of aliphatic hydroxyl groups excluding tert-OH is 1. The van der Waals surface area contributed by atoms with Gasteiger partial charge in [-0.05, 0) is 62.7 Å². The van der Waals surface area contributed by atoms with Crippen molar-refractivity contribution in [2.24, 2.45) is 10.8 Å². The van der Waals surface area contributed by atoms with Crippen LogP contribution in [0.1, 0.15) is 91.9 Å². The minimum Gasteiger partial charge on any atom is -0.393 e. The number of rotatable bonds is 2. The Bertz CT molecular complexity index is 310. The fourth-order valence-electron chi connectivity index (χ4n) is 3.14. The fraction of sp³-hybridized carbons (Fsp3) is 0.950. The first-order chi connectivity index (χ1) is 10.7. The van der Waals surface area contributed by atoms with Crippen molar-refractivity contribution in [1.82, 2.24) is 0 Å². The zero-order chi connectivity index (χ0) is 17.9. The Balaban J connectivity index is 0.000000360. The zero-order valence-electron chi connectivity index (χ0n) is 16.5. The molecule has 1 N–H and O–H groups in total. The third-order valence-electron chi connectivity index (χ3n) is 5.88. The molecule has 0 saturated heterocycles. The Morgan fingerprint density at radius 3 is 1.65 bits per heavy atom.